The van der Waals surface area contributed by atoms with Gasteiger partial charge in [0.15, 0.2) is 0 Å². The quantitative estimate of drug-likeness (QED) is 0.334. The standard InChI is InChI=1S/C20H44N4O4.Fe/c1-17(25)13-21-5-7-22(14-18(2)26)9-11-24(16-20(4)28)12-10-23(8-6-21)15-19(3)27;/h17-20,25-28H,5-16H2,1-4H3;/q;+3/t17-,18-,19-,20-;/m0./s1. The molecule has 0 saturated carbocycles. The molecule has 0 unspecified atom stereocenters. The van der Waals surface area contributed by atoms with Gasteiger partial charge in [-0.1, -0.05) is 0 Å². The van der Waals surface area contributed by atoms with E-state index in [1.807, 2.05) is 27.7 Å². The monoisotopic (exact) mass is 460 g/mol. The van der Waals surface area contributed by atoms with Crippen LogP contribution in [-0.2, 0) is 17.1 Å². The number of β-amino-alcohol motifs (C(OH)–C–C–N with tert-alkyl or cyclic N) is 4. The molecule has 1 aliphatic rings. The van der Waals surface area contributed by atoms with E-state index in [4.69, 9.17) is 0 Å². The molecule has 173 valence electrons. The molecular weight excluding hydrogens is 416 g/mol. The molecule has 1 saturated heterocycles. The number of hydrogen-bond donors (Lipinski definition) is 4. The predicted octanol–water partition coefficient (Wildman–Crippen LogP) is -1.27. The van der Waals surface area contributed by atoms with Gasteiger partial charge in [0.2, 0.25) is 0 Å². The Hall–Kier alpha value is 0.199. The van der Waals surface area contributed by atoms with Crippen LogP contribution >= 0.6 is 0 Å². The van der Waals surface area contributed by atoms with Gasteiger partial charge in [0.1, 0.15) is 0 Å². The third-order valence-corrected chi connectivity index (χ3v) is 5.02. The Labute approximate surface area is 187 Å². The summed E-state index contributed by atoms with van der Waals surface area (Å²) < 4.78 is 0. The fraction of sp³-hybridized carbons (Fsp3) is 1.00. The smallest absolute Gasteiger partial charge is 0.392 e. The third kappa shape index (κ3) is 14.8. The molecule has 1 radical (unpaired) electrons. The molecule has 1 fully saturated rings. The Kier molecular flexibility index (Phi) is 16.0. The van der Waals surface area contributed by atoms with Gasteiger partial charge in [-0.3, -0.25) is 19.6 Å². The first-order valence-corrected chi connectivity index (χ1v) is 10.8. The van der Waals surface area contributed by atoms with E-state index < -0.39 is 0 Å². The van der Waals surface area contributed by atoms with E-state index in [-0.39, 0.29) is 41.5 Å². The molecule has 0 spiro atoms. The van der Waals surface area contributed by atoms with E-state index in [0.29, 0.717) is 26.2 Å². The maximum Gasteiger partial charge on any atom is 3.00 e. The van der Waals surface area contributed by atoms with Crippen LogP contribution in [0.25, 0.3) is 0 Å². The fourth-order valence-corrected chi connectivity index (χ4v) is 3.80. The zero-order valence-electron chi connectivity index (χ0n) is 18.7. The SMILES string of the molecule is C[C@H](O)CN1CCN(C[C@H](C)O)CCN(C[C@H](C)O)CCN(C[C@H](C)O)CC1.[Fe+3]. The molecule has 4 atom stereocenters. The van der Waals surface area contributed by atoms with Gasteiger partial charge < -0.3 is 20.4 Å². The molecule has 29 heavy (non-hydrogen) atoms. The third-order valence-electron chi connectivity index (χ3n) is 5.02. The minimum atomic E-state index is -0.384. The molecule has 1 rings (SSSR count). The first-order chi connectivity index (χ1) is 13.2. The average molecular weight is 460 g/mol. The van der Waals surface area contributed by atoms with Gasteiger partial charge in [-0.05, 0) is 27.7 Å². The van der Waals surface area contributed by atoms with Crippen molar-refractivity contribution in [1.82, 2.24) is 19.6 Å². The second-order valence-corrected chi connectivity index (χ2v) is 8.60. The molecule has 4 N–H and O–H groups in total. The second kappa shape index (κ2) is 15.9. The maximum absolute atomic E-state index is 9.86. The molecule has 0 aliphatic carbocycles. The van der Waals surface area contributed by atoms with Crippen LogP contribution in [0, 0.1) is 0 Å². The summed E-state index contributed by atoms with van der Waals surface area (Å²) in [6, 6.07) is 0. The van der Waals surface area contributed by atoms with Crippen molar-refractivity contribution in [2.24, 2.45) is 0 Å². The van der Waals surface area contributed by atoms with Crippen molar-refractivity contribution in [3.8, 4) is 0 Å². The van der Waals surface area contributed by atoms with Crippen molar-refractivity contribution in [2.45, 2.75) is 52.1 Å². The Bertz CT molecular complexity index is 315. The van der Waals surface area contributed by atoms with Gasteiger partial charge >= 0.3 is 17.1 Å². The summed E-state index contributed by atoms with van der Waals surface area (Å²) in [6.45, 7) is 16.4. The number of aliphatic hydroxyl groups is 4. The van der Waals surface area contributed by atoms with E-state index in [1.165, 1.54) is 0 Å². The summed E-state index contributed by atoms with van der Waals surface area (Å²) in [6.07, 6.45) is -1.54. The Balaban J connectivity index is 0.00000784. The summed E-state index contributed by atoms with van der Waals surface area (Å²) in [7, 11) is 0. The molecule has 0 aromatic heterocycles. The van der Waals surface area contributed by atoms with Crippen LogP contribution in [0.15, 0.2) is 0 Å². The molecule has 1 aliphatic heterocycles. The molecule has 0 bridgehead atoms. The molecule has 8 nitrogen and oxygen atoms in total. The first-order valence-electron chi connectivity index (χ1n) is 10.8. The van der Waals surface area contributed by atoms with Crippen LogP contribution in [0.1, 0.15) is 27.7 Å². The van der Waals surface area contributed by atoms with E-state index in [1.54, 1.807) is 0 Å². The Morgan fingerprint density at radius 1 is 0.448 bits per heavy atom. The van der Waals surface area contributed by atoms with Crippen LogP contribution in [0.3, 0.4) is 0 Å². The minimum Gasteiger partial charge on any atom is -0.392 e. The van der Waals surface area contributed by atoms with E-state index in [2.05, 4.69) is 19.6 Å². The summed E-state index contributed by atoms with van der Waals surface area (Å²) in [4.78, 5) is 9.07. The summed E-state index contributed by atoms with van der Waals surface area (Å²) in [5, 5.41) is 39.4. The van der Waals surface area contributed by atoms with Gasteiger partial charge in [-0.25, -0.2) is 0 Å². The second-order valence-electron chi connectivity index (χ2n) is 8.60. The summed E-state index contributed by atoms with van der Waals surface area (Å²) >= 11 is 0. The summed E-state index contributed by atoms with van der Waals surface area (Å²) in [5.41, 5.74) is 0. The predicted molar refractivity (Wildman–Crippen MR) is 112 cm³/mol. The molecular formula is C20H44FeN4O4+3. The van der Waals surface area contributed by atoms with Crippen molar-refractivity contribution in [1.29, 1.82) is 0 Å². The topological polar surface area (TPSA) is 93.9 Å². The molecule has 0 amide bonds. The number of nitrogens with zero attached hydrogens (tertiary/aromatic N) is 4. The van der Waals surface area contributed by atoms with E-state index in [9.17, 15) is 20.4 Å². The van der Waals surface area contributed by atoms with Gasteiger partial charge in [0.05, 0.1) is 24.4 Å². The zero-order chi connectivity index (χ0) is 21.1. The minimum absolute atomic E-state index is 0. The molecule has 1 heterocycles. The van der Waals surface area contributed by atoms with E-state index in [0.717, 1.165) is 52.4 Å². The van der Waals surface area contributed by atoms with Gasteiger partial charge in [-0.2, -0.15) is 0 Å². The van der Waals surface area contributed by atoms with Crippen LogP contribution in [0.5, 0.6) is 0 Å². The van der Waals surface area contributed by atoms with Crippen LogP contribution < -0.4 is 0 Å². The van der Waals surface area contributed by atoms with Crippen molar-refractivity contribution >= 4 is 0 Å². The van der Waals surface area contributed by atoms with Crippen molar-refractivity contribution < 1.29 is 37.5 Å². The van der Waals surface area contributed by atoms with Crippen molar-refractivity contribution in [3.63, 3.8) is 0 Å². The first kappa shape index (κ1) is 29.2. The van der Waals surface area contributed by atoms with Crippen LogP contribution in [0.2, 0.25) is 0 Å². The molecule has 0 aromatic carbocycles. The van der Waals surface area contributed by atoms with Gasteiger partial charge in [-0.15, -0.1) is 0 Å². The molecule has 0 aromatic rings. The van der Waals surface area contributed by atoms with Crippen molar-refractivity contribution in [2.75, 3.05) is 78.5 Å². The normalized spacial score (nSPS) is 24.0. The van der Waals surface area contributed by atoms with Crippen LogP contribution in [-0.4, -0.2) is 143 Å². The largest absolute Gasteiger partial charge is 3.00 e. The van der Waals surface area contributed by atoms with Crippen LogP contribution in [0.4, 0.5) is 0 Å². The Morgan fingerprint density at radius 3 is 0.690 bits per heavy atom. The van der Waals surface area contributed by atoms with Crippen molar-refractivity contribution in [3.05, 3.63) is 0 Å². The summed E-state index contributed by atoms with van der Waals surface area (Å²) in [5.74, 6) is 0. The van der Waals surface area contributed by atoms with Gasteiger partial charge in [0.25, 0.3) is 0 Å². The number of rotatable bonds is 8. The number of hydrogen-bond acceptors (Lipinski definition) is 8. The average Bonchev–Trinajstić information content (AvgIpc) is 2.55. The van der Waals surface area contributed by atoms with E-state index >= 15 is 0 Å². The van der Waals surface area contributed by atoms with Gasteiger partial charge in [0, 0.05) is 78.5 Å². The fourth-order valence-electron chi connectivity index (χ4n) is 3.80. The molecule has 9 heteroatoms. The Morgan fingerprint density at radius 2 is 0.586 bits per heavy atom. The maximum atomic E-state index is 9.86. The number of aliphatic hydroxyl groups excluding tert-OH is 4. The zero-order valence-corrected chi connectivity index (χ0v) is 19.8.